The van der Waals surface area contributed by atoms with E-state index in [1.54, 1.807) is 16.7 Å². The van der Waals surface area contributed by atoms with Crippen LogP contribution in [-0.4, -0.2) is 5.11 Å². The zero-order chi connectivity index (χ0) is 39.7. The van der Waals surface area contributed by atoms with E-state index in [0.29, 0.717) is 5.75 Å². The number of hydrogen-bond donors (Lipinski definition) is 1. The van der Waals surface area contributed by atoms with Gasteiger partial charge in [0.15, 0.2) is 0 Å². The van der Waals surface area contributed by atoms with Gasteiger partial charge in [-0.2, -0.15) is 0 Å². The molecule has 0 saturated heterocycles. The summed E-state index contributed by atoms with van der Waals surface area (Å²) < 4.78 is 0. The molecule has 0 saturated carbocycles. The minimum Gasteiger partial charge on any atom is -0.508 e. The fourth-order valence-corrected chi connectivity index (χ4v) is 10.9. The van der Waals surface area contributed by atoms with E-state index in [-0.39, 0.29) is 10.8 Å². The molecule has 0 heterocycles. The van der Waals surface area contributed by atoms with E-state index >= 15 is 0 Å². The molecular formula is C56H70O. The normalized spacial score (nSPS) is 14.3. The molecule has 300 valence electrons. The summed E-state index contributed by atoms with van der Waals surface area (Å²) in [5, 5.41) is 10.1. The second kappa shape index (κ2) is 19.1. The van der Waals surface area contributed by atoms with Crippen LogP contribution in [0, 0.1) is 0 Å². The van der Waals surface area contributed by atoms with Crippen molar-refractivity contribution in [3.05, 3.63) is 125 Å². The molecule has 2 aliphatic carbocycles. The van der Waals surface area contributed by atoms with E-state index in [0.717, 1.165) is 0 Å². The molecule has 0 spiro atoms. The number of aromatic hydroxyl groups is 1. The van der Waals surface area contributed by atoms with E-state index in [2.05, 4.69) is 119 Å². The second-order valence-corrected chi connectivity index (χ2v) is 17.8. The molecule has 0 aliphatic heterocycles. The molecule has 0 aromatic heterocycles. The molecule has 57 heavy (non-hydrogen) atoms. The minimum atomic E-state index is -0.00956. The van der Waals surface area contributed by atoms with Gasteiger partial charge in [-0.3, -0.25) is 0 Å². The van der Waals surface area contributed by atoms with Crippen molar-refractivity contribution < 1.29 is 5.11 Å². The van der Waals surface area contributed by atoms with Crippen LogP contribution < -0.4 is 0 Å². The smallest absolute Gasteiger partial charge is 0.115 e. The van der Waals surface area contributed by atoms with Crippen molar-refractivity contribution in [2.45, 2.75) is 167 Å². The van der Waals surface area contributed by atoms with Crippen molar-refractivity contribution >= 4 is 0 Å². The molecular weight excluding hydrogens is 689 g/mol. The third-order valence-corrected chi connectivity index (χ3v) is 14.0. The highest BCUT2D eigenvalue weighted by Gasteiger charge is 2.44. The van der Waals surface area contributed by atoms with Crippen LogP contribution in [0.4, 0.5) is 0 Å². The monoisotopic (exact) mass is 759 g/mol. The lowest BCUT2D eigenvalue weighted by Crippen LogP contribution is -2.26. The third-order valence-electron chi connectivity index (χ3n) is 14.0. The van der Waals surface area contributed by atoms with Crippen molar-refractivity contribution in [2.75, 3.05) is 0 Å². The lowest BCUT2D eigenvalue weighted by molar-refractivity contribution is 0.401. The second-order valence-electron chi connectivity index (χ2n) is 17.8. The number of rotatable bonds is 22. The van der Waals surface area contributed by atoms with Crippen LogP contribution in [0.15, 0.2) is 103 Å². The highest BCUT2D eigenvalue weighted by Crippen LogP contribution is 2.58. The summed E-state index contributed by atoms with van der Waals surface area (Å²) >= 11 is 0. The van der Waals surface area contributed by atoms with E-state index in [4.69, 9.17) is 0 Å². The van der Waals surface area contributed by atoms with Crippen molar-refractivity contribution in [3.8, 4) is 50.3 Å². The lowest BCUT2D eigenvalue weighted by Gasteiger charge is -2.34. The van der Waals surface area contributed by atoms with Gasteiger partial charge in [-0.05, 0) is 123 Å². The molecule has 5 aromatic carbocycles. The quantitative estimate of drug-likeness (QED) is 0.0697. The summed E-state index contributed by atoms with van der Waals surface area (Å²) in [4.78, 5) is 0. The van der Waals surface area contributed by atoms with Crippen LogP contribution in [0.3, 0.4) is 0 Å². The molecule has 0 radical (unpaired) electrons. The largest absolute Gasteiger partial charge is 0.508 e. The number of fused-ring (bicyclic) bond motifs is 6. The summed E-state index contributed by atoms with van der Waals surface area (Å²) in [5.41, 5.74) is 17.3. The number of benzene rings is 5. The summed E-state index contributed by atoms with van der Waals surface area (Å²) in [7, 11) is 0. The van der Waals surface area contributed by atoms with Crippen LogP contribution in [0.2, 0.25) is 0 Å². The molecule has 2 aliphatic rings. The number of phenols is 1. The van der Waals surface area contributed by atoms with Gasteiger partial charge >= 0.3 is 0 Å². The molecule has 1 N–H and O–H groups in total. The fraction of sp³-hybridized carbons (Fsp3) is 0.464. The summed E-state index contributed by atoms with van der Waals surface area (Å²) in [6.07, 6.45) is 25.5. The van der Waals surface area contributed by atoms with Gasteiger partial charge in [0, 0.05) is 10.8 Å². The Bertz CT molecular complexity index is 2040. The first-order valence-electron chi connectivity index (χ1n) is 23.3. The first kappa shape index (κ1) is 41.1. The molecule has 0 unspecified atom stereocenters. The van der Waals surface area contributed by atoms with Gasteiger partial charge in [-0.15, -0.1) is 0 Å². The van der Waals surface area contributed by atoms with Crippen molar-refractivity contribution in [2.24, 2.45) is 0 Å². The van der Waals surface area contributed by atoms with Gasteiger partial charge in [0.1, 0.15) is 5.75 Å². The maximum Gasteiger partial charge on any atom is 0.115 e. The first-order valence-corrected chi connectivity index (χ1v) is 23.3. The van der Waals surface area contributed by atoms with Crippen LogP contribution in [0.1, 0.15) is 178 Å². The zero-order valence-corrected chi connectivity index (χ0v) is 35.9. The Kier molecular flexibility index (Phi) is 13.8. The van der Waals surface area contributed by atoms with Gasteiger partial charge in [0.25, 0.3) is 0 Å². The molecule has 1 nitrogen and oxygen atoms in total. The van der Waals surface area contributed by atoms with Crippen LogP contribution >= 0.6 is 0 Å². The SMILES string of the molecule is CCCCCCC1(CCCCCC)c2ccccc2-c2ccc(-c3ccc4c(c3)C(CCCCCC)(CCCCCC)c3cc(-c5ccc(O)cc5)ccc3-4)cc21. The minimum absolute atomic E-state index is 0.00956. The standard InChI is InChI=1S/C56H70O/c1-5-9-13-19-35-55(36-20-14-10-6-2)51-24-18-17-23-47(51)48-33-28-44(40-52(48)55)45-29-34-50-49-32-27-43(42-25-30-46(57)31-26-42)39-53(49)56(54(50)41-45,37-21-15-11-7-3)38-22-16-12-8-4/h17-18,23-34,39-41,57H,5-16,19-22,35-38H2,1-4H3. The predicted molar refractivity (Wildman–Crippen MR) is 246 cm³/mol. The van der Waals surface area contributed by atoms with Gasteiger partial charge < -0.3 is 5.11 Å². The van der Waals surface area contributed by atoms with Gasteiger partial charge in [-0.25, -0.2) is 0 Å². The summed E-state index contributed by atoms with van der Waals surface area (Å²) in [5.74, 6) is 0.321. The topological polar surface area (TPSA) is 20.2 Å². The number of phenolic OH excluding ortho intramolecular Hbond substituents is 1. The molecule has 1 heteroatoms. The predicted octanol–water partition coefficient (Wildman–Crippen LogP) is 17.1. The fourth-order valence-electron chi connectivity index (χ4n) is 10.9. The Hall–Kier alpha value is -4.10. The molecule has 0 atom stereocenters. The van der Waals surface area contributed by atoms with E-state index in [9.17, 15) is 5.11 Å². The van der Waals surface area contributed by atoms with E-state index in [1.165, 1.54) is 178 Å². The van der Waals surface area contributed by atoms with E-state index in [1.807, 2.05) is 12.1 Å². The molecule has 0 amide bonds. The molecule has 0 bridgehead atoms. The Morgan fingerprint density at radius 1 is 0.333 bits per heavy atom. The molecule has 7 rings (SSSR count). The van der Waals surface area contributed by atoms with Crippen LogP contribution in [-0.2, 0) is 10.8 Å². The molecule has 0 fully saturated rings. The zero-order valence-electron chi connectivity index (χ0n) is 35.9. The molecule has 5 aromatic rings. The first-order chi connectivity index (χ1) is 28.0. The number of unbranched alkanes of at least 4 members (excludes halogenated alkanes) is 12. The number of hydrogen-bond acceptors (Lipinski definition) is 1. The lowest BCUT2D eigenvalue weighted by atomic mass is 9.69. The van der Waals surface area contributed by atoms with E-state index < -0.39 is 0 Å². The maximum atomic E-state index is 10.1. The van der Waals surface area contributed by atoms with Crippen LogP contribution in [0.25, 0.3) is 44.5 Å². The summed E-state index contributed by atoms with van der Waals surface area (Å²) in [6.45, 7) is 9.33. The Morgan fingerprint density at radius 2 is 0.667 bits per heavy atom. The van der Waals surface area contributed by atoms with Crippen molar-refractivity contribution in [1.29, 1.82) is 0 Å². The average Bonchev–Trinajstić information content (AvgIpc) is 3.67. The van der Waals surface area contributed by atoms with Crippen molar-refractivity contribution in [1.82, 2.24) is 0 Å². The Morgan fingerprint density at radius 3 is 1.07 bits per heavy atom. The Labute approximate surface area is 346 Å². The van der Waals surface area contributed by atoms with Crippen molar-refractivity contribution in [3.63, 3.8) is 0 Å². The van der Waals surface area contributed by atoms with Gasteiger partial charge in [0.05, 0.1) is 0 Å². The average molecular weight is 759 g/mol. The maximum absolute atomic E-state index is 10.1. The van der Waals surface area contributed by atoms with Crippen LogP contribution in [0.5, 0.6) is 5.75 Å². The Balaban J connectivity index is 1.34. The van der Waals surface area contributed by atoms with Gasteiger partial charge in [0.2, 0.25) is 0 Å². The van der Waals surface area contributed by atoms with Gasteiger partial charge in [-0.1, -0.05) is 203 Å². The highest BCUT2D eigenvalue weighted by atomic mass is 16.3. The highest BCUT2D eigenvalue weighted by molar-refractivity contribution is 5.88. The summed E-state index contributed by atoms with van der Waals surface area (Å²) in [6, 6.07) is 39.6. The third kappa shape index (κ3) is 8.42.